The van der Waals surface area contributed by atoms with Crippen LogP contribution in [0.3, 0.4) is 0 Å². The van der Waals surface area contributed by atoms with Gasteiger partial charge in [0.2, 0.25) is 0 Å². The molecule has 2 aliphatic rings. The summed E-state index contributed by atoms with van der Waals surface area (Å²) < 4.78 is 0. The molecule has 2 atom stereocenters. The third-order valence-corrected chi connectivity index (χ3v) is 2.92. The van der Waals surface area contributed by atoms with Crippen LogP contribution in [0.25, 0.3) is 0 Å². The van der Waals surface area contributed by atoms with Crippen LogP contribution in [0.15, 0.2) is 10.2 Å². The second kappa shape index (κ2) is 3.33. The van der Waals surface area contributed by atoms with Crippen molar-refractivity contribution in [3.63, 3.8) is 0 Å². The molecule has 2 nitrogen and oxygen atoms in total. The molecule has 0 saturated heterocycles. The van der Waals surface area contributed by atoms with E-state index in [-0.39, 0.29) is 0 Å². The van der Waals surface area contributed by atoms with Crippen LogP contribution in [0.1, 0.15) is 38.5 Å². The Morgan fingerprint density at radius 3 is 2.64 bits per heavy atom. The van der Waals surface area contributed by atoms with Crippen LogP contribution >= 0.6 is 0 Å². The molecule has 1 aliphatic heterocycles. The molecule has 1 saturated carbocycles. The van der Waals surface area contributed by atoms with Crippen LogP contribution < -0.4 is 0 Å². The summed E-state index contributed by atoms with van der Waals surface area (Å²) in [5.41, 5.74) is 0. The monoisotopic (exact) mass is 152 g/mol. The van der Waals surface area contributed by atoms with Gasteiger partial charge in [0.25, 0.3) is 0 Å². The summed E-state index contributed by atoms with van der Waals surface area (Å²) in [7, 11) is 0. The molecule has 0 radical (unpaired) electrons. The van der Waals surface area contributed by atoms with Gasteiger partial charge in [-0.3, -0.25) is 0 Å². The van der Waals surface area contributed by atoms with Gasteiger partial charge in [-0.25, -0.2) is 0 Å². The number of hydrogen-bond donors (Lipinski definition) is 0. The van der Waals surface area contributed by atoms with E-state index in [9.17, 15) is 0 Å². The summed E-state index contributed by atoms with van der Waals surface area (Å²) in [5.74, 6) is 0.815. The summed E-state index contributed by atoms with van der Waals surface area (Å²) >= 11 is 0. The first-order valence-electron chi connectivity index (χ1n) is 4.83. The van der Waals surface area contributed by atoms with Crippen molar-refractivity contribution >= 4 is 0 Å². The van der Waals surface area contributed by atoms with Gasteiger partial charge in [-0.1, -0.05) is 25.7 Å². The Labute approximate surface area is 68.1 Å². The van der Waals surface area contributed by atoms with E-state index in [2.05, 4.69) is 10.2 Å². The maximum Gasteiger partial charge on any atom is 0.0754 e. The lowest BCUT2D eigenvalue weighted by Gasteiger charge is -2.18. The first-order valence-corrected chi connectivity index (χ1v) is 4.83. The van der Waals surface area contributed by atoms with Crippen molar-refractivity contribution in [2.45, 2.75) is 44.6 Å². The highest BCUT2D eigenvalue weighted by molar-refractivity contribution is 4.82. The van der Waals surface area contributed by atoms with Crippen LogP contribution in [0.5, 0.6) is 0 Å². The van der Waals surface area contributed by atoms with Crippen molar-refractivity contribution in [3.05, 3.63) is 0 Å². The molecule has 2 heteroatoms. The van der Waals surface area contributed by atoms with Gasteiger partial charge >= 0.3 is 0 Å². The zero-order valence-corrected chi connectivity index (χ0v) is 7.00. The van der Waals surface area contributed by atoms with E-state index >= 15 is 0 Å². The molecular formula is C9H16N2. The number of fused-ring (bicyclic) bond motifs is 1. The van der Waals surface area contributed by atoms with Crippen molar-refractivity contribution in [2.24, 2.45) is 16.1 Å². The van der Waals surface area contributed by atoms with Crippen LogP contribution in [-0.2, 0) is 0 Å². The van der Waals surface area contributed by atoms with Crippen molar-refractivity contribution in [1.29, 1.82) is 0 Å². The van der Waals surface area contributed by atoms with E-state index in [0.29, 0.717) is 6.04 Å². The summed E-state index contributed by atoms with van der Waals surface area (Å²) in [6.45, 7) is 1.02. The fourth-order valence-electron chi connectivity index (χ4n) is 2.16. The van der Waals surface area contributed by atoms with E-state index < -0.39 is 0 Å². The van der Waals surface area contributed by atoms with Gasteiger partial charge < -0.3 is 0 Å². The second-order valence-electron chi connectivity index (χ2n) is 3.76. The third-order valence-electron chi connectivity index (χ3n) is 2.92. The average molecular weight is 152 g/mol. The van der Waals surface area contributed by atoms with Gasteiger partial charge in [-0.2, -0.15) is 10.2 Å². The van der Waals surface area contributed by atoms with E-state index in [0.717, 1.165) is 12.5 Å². The Balaban J connectivity index is 1.93. The van der Waals surface area contributed by atoms with Gasteiger partial charge in [0.05, 0.1) is 12.6 Å². The Morgan fingerprint density at radius 2 is 1.73 bits per heavy atom. The lowest BCUT2D eigenvalue weighted by atomic mass is 9.88. The highest BCUT2D eigenvalue weighted by Crippen LogP contribution is 2.29. The molecule has 0 aromatic rings. The lowest BCUT2D eigenvalue weighted by molar-refractivity contribution is 0.370. The molecule has 1 fully saturated rings. The van der Waals surface area contributed by atoms with E-state index in [4.69, 9.17) is 0 Å². The molecular weight excluding hydrogens is 136 g/mol. The summed E-state index contributed by atoms with van der Waals surface area (Å²) in [4.78, 5) is 0. The Bertz CT molecular complexity index is 154. The minimum Gasteiger partial charge on any atom is -0.194 e. The van der Waals surface area contributed by atoms with Crippen LogP contribution in [0.2, 0.25) is 0 Å². The molecule has 0 aromatic heterocycles. The Kier molecular flexibility index (Phi) is 2.20. The zero-order chi connectivity index (χ0) is 7.52. The van der Waals surface area contributed by atoms with Crippen molar-refractivity contribution in [2.75, 3.05) is 6.54 Å². The minimum absolute atomic E-state index is 0.607. The molecule has 0 amide bonds. The smallest absolute Gasteiger partial charge is 0.0754 e. The van der Waals surface area contributed by atoms with E-state index in [1.54, 1.807) is 0 Å². The molecule has 0 N–H and O–H groups in total. The first kappa shape index (κ1) is 7.26. The topological polar surface area (TPSA) is 24.7 Å². The van der Waals surface area contributed by atoms with Crippen LogP contribution in [-0.4, -0.2) is 12.6 Å². The highest BCUT2D eigenvalue weighted by Gasteiger charge is 2.25. The van der Waals surface area contributed by atoms with Crippen molar-refractivity contribution in [1.82, 2.24) is 0 Å². The zero-order valence-electron chi connectivity index (χ0n) is 7.00. The van der Waals surface area contributed by atoms with Gasteiger partial charge in [-0.05, 0) is 12.8 Å². The third kappa shape index (κ3) is 1.60. The molecule has 0 bridgehead atoms. The molecule has 2 rings (SSSR count). The Morgan fingerprint density at radius 1 is 0.909 bits per heavy atom. The summed E-state index contributed by atoms with van der Waals surface area (Å²) in [5, 5.41) is 8.42. The van der Waals surface area contributed by atoms with Crippen molar-refractivity contribution < 1.29 is 0 Å². The van der Waals surface area contributed by atoms with Gasteiger partial charge in [-0.15, -0.1) is 0 Å². The van der Waals surface area contributed by atoms with Crippen LogP contribution in [0.4, 0.5) is 0 Å². The predicted molar refractivity (Wildman–Crippen MR) is 44.7 cm³/mol. The number of hydrogen-bond acceptors (Lipinski definition) is 2. The largest absolute Gasteiger partial charge is 0.194 e. The fraction of sp³-hybridized carbons (Fsp3) is 1.00. The fourth-order valence-corrected chi connectivity index (χ4v) is 2.16. The van der Waals surface area contributed by atoms with Gasteiger partial charge in [0.1, 0.15) is 0 Å². The highest BCUT2D eigenvalue weighted by atomic mass is 15.2. The summed E-state index contributed by atoms with van der Waals surface area (Å²) in [6, 6.07) is 0.607. The maximum atomic E-state index is 4.28. The standard InChI is InChI=1S/C9H16N2/c1-2-4-6-9-8(5-3-1)7-10-11-9/h8-9H,1-7H2. The molecule has 0 spiro atoms. The predicted octanol–water partition coefficient (Wildman–Crippen LogP) is 2.79. The second-order valence-corrected chi connectivity index (χ2v) is 3.76. The van der Waals surface area contributed by atoms with Gasteiger partial charge in [0, 0.05) is 5.92 Å². The Hall–Kier alpha value is -0.400. The quantitative estimate of drug-likeness (QED) is 0.510. The molecule has 62 valence electrons. The molecule has 1 heterocycles. The van der Waals surface area contributed by atoms with Crippen molar-refractivity contribution in [3.8, 4) is 0 Å². The lowest BCUT2D eigenvalue weighted by Crippen LogP contribution is -2.18. The normalized spacial score (nSPS) is 37.8. The first-order chi connectivity index (χ1) is 5.47. The van der Waals surface area contributed by atoms with E-state index in [1.807, 2.05) is 0 Å². The maximum absolute atomic E-state index is 4.28. The number of rotatable bonds is 0. The average Bonchev–Trinajstić information content (AvgIpc) is 2.35. The van der Waals surface area contributed by atoms with E-state index in [1.165, 1.54) is 38.5 Å². The number of nitrogens with zero attached hydrogens (tertiary/aromatic N) is 2. The SMILES string of the molecule is C1CCCC2N=NCC2CC1. The molecule has 2 unspecified atom stereocenters. The molecule has 1 aliphatic carbocycles. The van der Waals surface area contributed by atoms with Gasteiger partial charge in [0.15, 0.2) is 0 Å². The number of azo groups is 1. The van der Waals surface area contributed by atoms with Crippen LogP contribution in [0, 0.1) is 5.92 Å². The molecule has 11 heavy (non-hydrogen) atoms. The minimum atomic E-state index is 0.607. The molecule has 0 aromatic carbocycles. The summed E-state index contributed by atoms with van der Waals surface area (Å²) in [6.07, 6.45) is 8.31.